The highest BCUT2D eigenvalue weighted by Gasteiger charge is 2.17. The number of piperazine rings is 1. The molecule has 1 N–H and O–H groups in total. The number of hydrogen-bond donors (Lipinski definition) is 1. The predicted molar refractivity (Wildman–Crippen MR) is 107 cm³/mol. The van der Waals surface area contributed by atoms with Crippen LogP contribution >= 0.6 is 0 Å². The van der Waals surface area contributed by atoms with E-state index in [9.17, 15) is 4.39 Å². The van der Waals surface area contributed by atoms with E-state index in [0.29, 0.717) is 5.75 Å². The fraction of sp³-hybridized carbons (Fsp3) is 0.364. The maximum absolute atomic E-state index is 13.2. The Bertz CT molecular complexity index is 898. The summed E-state index contributed by atoms with van der Waals surface area (Å²) in [6, 6.07) is 14.6. The number of aryl methyl sites for hydroxylation is 2. The van der Waals surface area contributed by atoms with E-state index in [1.54, 1.807) is 12.1 Å². The van der Waals surface area contributed by atoms with Crippen LogP contribution in [0.5, 0.6) is 11.6 Å². The normalized spacial score (nSPS) is 15.3. The van der Waals surface area contributed by atoms with Gasteiger partial charge in [-0.25, -0.2) is 4.39 Å². The highest BCUT2D eigenvalue weighted by Crippen LogP contribution is 2.35. The molecule has 1 aliphatic rings. The van der Waals surface area contributed by atoms with E-state index in [1.807, 2.05) is 7.05 Å². The number of fused-ring (bicyclic) bond motifs is 1. The lowest BCUT2D eigenvalue weighted by atomic mass is 10.1. The van der Waals surface area contributed by atoms with Crippen molar-refractivity contribution in [1.82, 2.24) is 14.8 Å². The van der Waals surface area contributed by atoms with Crippen molar-refractivity contribution in [3.63, 3.8) is 0 Å². The topological polar surface area (TPSA) is 29.4 Å². The summed E-state index contributed by atoms with van der Waals surface area (Å²) < 4.78 is 21.5. The van der Waals surface area contributed by atoms with Gasteiger partial charge in [-0.3, -0.25) is 0 Å². The lowest BCUT2D eigenvalue weighted by Crippen LogP contribution is -2.43. The quantitative estimate of drug-likeness (QED) is 0.715. The van der Waals surface area contributed by atoms with Crippen molar-refractivity contribution in [3.8, 4) is 11.6 Å². The molecule has 1 fully saturated rings. The minimum atomic E-state index is -0.254. The molecule has 4 nitrogen and oxygen atoms in total. The molecule has 1 saturated heterocycles. The molecule has 0 radical (unpaired) electrons. The van der Waals surface area contributed by atoms with Gasteiger partial charge >= 0.3 is 0 Å². The Kier molecular flexibility index (Phi) is 5.41. The highest BCUT2D eigenvalue weighted by molar-refractivity contribution is 5.87. The average molecular weight is 367 g/mol. The number of ether oxygens (including phenoxy) is 1. The minimum absolute atomic E-state index is 0.254. The maximum atomic E-state index is 13.2. The van der Waals surface area contributed by atoms with Gasteiger partial charge in [-0.2, -0.15) is 0 Å². The molecule has 142 valence electrons. The number of halogens is 1. The average Bonchev–Trinajstić information content (AvgIpc) is 2.97. The summed E-state index contributed by atoms with van der Waals surface area (Å²) in [6.45, 7) is 5.49. The molecular formula is C22H26FN3O. The minimum Gasteiger partial charge on any atom is -0.441 e. The molecule has 1 aromatic heterocycles. The number of nitrogens with zero attached hydrogens (tertiary/aromatic N) is 2. The van der Waals surface area contributed by atoms with E-state index in [2.05, 4.69) is 39.0 Å². The smallest absolute Gasteiger partial charge is 0.204 e. The van der Waals surface area contributed by atoms with Gasteiger partial charge in [0.1, 0.15) is 11.6 Å². The number of benzene rings is 2. The summed E-state index contributed by atoms with van der Waals surface area (Å²) in [5.74, 6) is 1.25. The zero-order valence-electron chi connectivity index (χ0n) is 15.7. The summed E-state index contributed by atoms with van der Waals surface area (Å²) in [5.41, 5.74) is 2.39. The van der Waals surface area contributed by atoms with Crippen molar-refractivity contribution < 1.29 is 9.13 Å². The Labute approximate surface area is 159 Å². The van der Waals surface area contributed by atoms with E-state index in [1.165, 1.54) is 23.1 Å². The van der Waals surface area contributed by atoms with Crippen LogP contribution in [0.1, 0.15) is 12.0 Å². The van der Waals surface area contributed by atoms with Crippen molar-refractivity contribution in [3.05, 3.63) is 59.9 Å². The largest absolute Gasteiger partial charge is 0.441 e. The summed E-state index contributed by atoms with van der Waals surface area (Å²) >= 11 is 0. The molecule has 4 rings (SSSR count). The van der Waals surface area contributed by atoms with Gasteiger partial charge in [-0.1, -0.05) is 18.2 Å². The lowest BCUT2D eigenvalue weighted by molar-refractivity contribution is 0.238. The first kappa shape index (κ1) is 18.0. The third kappa shape index (κ3) is 3.99. The van der Waals surface area contributed by atoms with Crippen LogP contribution in [0, 0.1) is 5.82 Å². The molecule has 0 spiro atoms. The van der Waals surface area contributed by atoms with Gasteiger partial charge in [0.15, 0.2) is 0 Å². The fourth-order valence-corrected chi connectivity index (χ4v) is 3.85. The van der Waals surface area contributed by atoms with Gasteiger partial charge in [0, 0.05) is 44.2 Å². The summed E-state index contributed by atoms with van der Waals surface area (Å²) in [5, 5.41) is 4.63. The van der Waals surface area contributed by atoms with E-state index in [4.69, 9.17) is 4.74 Å². The summed E-state index contributed by atoms with van der Waals surface area (Å²) in [7, 11) is 2.03. The van der Waals surface area contributed by atoms with Crippen molar-refractivity contribution in [1.29, 1.82) is 0 Å². The highest BCUT2D eigenvalue weighted by atomic mass is 19.1. The maximum Gasteiger partial charge on any atom is 0.204 e. The third-order valence-corrected chi connectivity index (χ3v) is 5.29. The van der Waals surface area contributed by atoms with E-state index < -0.39 is 0 Å². The van der Waals surface area contributed by atoms with Gasteiger partial charge in [0.05, 0.1) is 5.52 Å². The lowest BCUT2D eigenvalue weighted by Gasteiger charge is -2.27. The van der Waals surface area contributed by atoms with Crippen LogP contribution in [0.2, 0.25) is 0 Å². The van der Waals surface area contributed by atoms with Gasteiger partial charge < -0.3 is 19.5 Å². The second-order valence-electron chi connectivity index (χ2n) is 7.11. The molecule has 3 aromatic rings. The first-order valence-electron chi connectivity index (χ1n) is 9.65. The Morgan fingerprint density at radius 2 is 1.78 bits per heavy atom. The Balaban J connectivity index is 1.58. The van der Waals surface area contributed by atoms with Gasteiger partial charge in [-0.05, 0) is 49.7 Å². The first-order chi connectivity index (χ1) is 13.2. The molecule has 0 atom stereocenters. The molecule has 0 aliphatic carbocycles. The molecular weight excluding hydrogens is 341 g/mol. The third-order valence-electron chi connectivity index (χ3n) is 5.29. The summed E-state index contributed by atoms with van der Waals surface area (Å²) in [6.07, 6.45) is 2.05. The molecule has 27 heavy (non-hydrogen) atoms. The number of aromatic nitrogens is 1. The van der Waals surface area contributed by atoms with Gasteiger partial charge in [0.25, 0.3) is 0 Å². The number of rotatable bonds is 6. The zero-order chi connectivity index (χ0) is 18.6. The number of hydrogen-bond acceptors (Lipinski definition) is 3. The van der Waals surface area contributed by atoms with Crippen LogP contribution in [-0.4, -0.2) is 42.2 Å². The predicted octanol–water partition coefficient (Wildman–Crippen LogP) is 3.95. The van der Waals surface area contributed by atoms with Crippen molar-refractivity contribution in [2.45, 2.75) is 12.8 Å². The van der Waals surface area contributed by atoms with Gasteiger partial charge in [-0.15, -0.1) is 0 Å². The first-order valence-corrected chi connectivity index (χ1v) is 9.65. The van der Waals surface area contributed by atoms with Crippen LogP contribution in [-0.2, 0) is 13.5 Å². The SMILES string of the molecule is Cn1c(Oc2ccc(F)cc2)c(CCCN2CCNCC2)c2ccccc21. The van der Waals surface area contributed by atoms with Crippen LogP contribution < -0.4 is 10.1 Å². The number of nitrogens with one attached hydrogen (secondary N) is 1. The molecule has 0 unspecified atom stereocenters. The Morgan fingerprint density at radius 3 is 2.56 bits per heavy atom. The van der Waals surface area contributed by atoms with E-state index in [0.717, 1.165) is 57.0 Å². The second kappa shape index (κ2) is 8.11. The Hall–Kier alpha value is -2.37. The monoisotopic (exact) mass is 367 g/mol. The standard InChI is InChI=1S/C22H26FN3O/c1-25-21-7-3-2-5-19(21)20(6-4-14-26-15-12-24-13-16-26)22(25)27-18-10-8-17(23)9-11-18/h2-3,5,7-11,24H,4,6,12-16H2,1H3. The number of para-hydroxylation sites is 1. The molecule has 2 aromatic carbocycles. The fourth-order valence-electron chi connectivity index (χ4n) is 3.85. The van der Waals surface area contributed by atoms with Gasteiger partial charge in [0.2, 0.25) is 5.88 Å². The molecule has 5 heteroatoms. The van der Waals surface area contributed by atoms with Crippen molar-refractivity contribution >= 4 is 10.9 Å². The van der Waals surface area contributed by atoms with E-state index >= 15 is 0 Å². The van der Waals surface area contributed by atoms with Crippen LogP contribution in [0.4, 0.5) is 4.39 Å². The molecule has 0 amide bonds. The van der Waals surface area contributed by atoms with Crippen molar-refractivity contribution in [2.75, 3.05) is 32.7 Å². The van der Waals surface area contributed by atoms with Crippen LogP contribution in [0.25, 0.3) is 10.9 Å². The van der Waals surface area contributed by atoms with Crippen LogP contribution in [0.3, 0.4) is 0 Å². The second-order valence-corrected chi connectivity index (χ2v) is 7.11. The Morgan fingerprint density at radius 1 is 1.04 bits per heavy atom. The molecule has 1 aliphatic heterocycles. The molecule has 0 saturated carbocycles. The molecule has 2 heterocycles. The van der Waals surface area contributed by atoms with Crippen LogP contribution in [0.15, 0.2) is 48.5 Å². The molecule has 0 bridgehead atoms. The zero-order valence-corrected chi connectivity index (χ0v) is 15.7. The van der Waals surface area contributed by atoms with Crippen molar-refractivity contribution in [2.24, 2.45) is 7.05 Å². The van der Waals surface area contributed by atoms with E-state index in [-0.39, 0.29) is 5.82 Å². The summed E-state index contributed by atoms with van der Waals surface area (Å²) in [4.78, 5) is 2.52.